The van der Waals surface area contributed by atoms with Gasteiger partial charge in [-0.1, -0.05) is 29.8 Å². The standard InChI is InChI=1S/C22H17ClFN3O2/c23-16-9-15-10-17(29-22(15)18(11-16)20-13-25-7-8-26-20)12-27-21(28)6-5-14-3-1-2-4-19(14)24/h1-9,11,13,17H,10,12H2,(H,27,28)/b6-5+. The molecule has 1 aliphatic rings. The Morgan fingerprint density at radius 1 is 1.31 bits per heavy atom. The van der Waals surface area contributed by atoms with E-state index in [0.29, 0.717) is 35.0 Å². The number of fused-ring (bicyclic) bond motifs is 1. The minimum absolute atomic E-state index is 0.232. The van der Waals surface area contributed by atoms with Gasteiger partial charge in [0.15, 0.2) is 0 Å². The SMILES string of the molecule is O=C(/C=C/c1ccccc1F)NCC1Cc2cc(Cl)cc(-c3cnccn3)c2O1. The Kier molecular flexibility index (Phi) is 5.53. The summed E-state index contributed by atoms with van der Waals surface area (Å²) in [5.41, 5.74) is 2.76. The largest absolute Gasteiger partial charge is 0.487 e. The molecule has 0 saturated carbocycles. The zero-order valence-electron chi connectivity index (χ0n) is 15.3. The van der Waals surface area contributed by atoms with Crippen LogP contribution in [0.5, 0.6) is 5.75 Å². The van der Waals surface area contributed by atoms with Crippen LogP contribution in [0.1, 0.15) is 11.1 Å². The molecule has 0 bridgehead atoms. The van der Waals surface area contributed by atoms with E-state index in [-0.39, 0.29) is 17.8 Å². The van der Waals surface area contributed by atoms with Crippen molar-refractivity contribution in [2.24, 2.45) is 0 Å². The maximum Gasteiger partial charge on any atom is 0.244 e. The molecule has 7 heteroatoms. The summed E-state index contributed by atoms with van der Waals surface area (Å²) in [6, 6.07) is 9.92. The Bertz CT molecular complexity index is 1070. The monoisotopic (exact) mass is 409 g/mol. The normalized spacial score (nSPS) is 15.2. The van der Waals surface area contributed by atoms with Gasteiger partial charge in [0.1, 0.15) is 17.7 Å². The highest BCUT2D eigenvalue weighted by atomic mass is 35.5. The van der Waals surface area contributed by atoms with Crippen LogP contribution in [0, 0.1) is 5.82 Å². The third kappa shape index (κ3) is 4.43. The van der Waals surface area contributed by atoms with Crippen LogP contribution in [-0.4, -0.2) is 28.5 Å². The topological polar surface area (TPSA) is 64.1 Å². The molecular formula is C22H17ClFN3O2. The van der Waals surface area contributed by atoms with Crippen molar-refractivity contribution in [2.45, 2.75) is 12.5 Å². The lowest BCUT2D eigenvalue weighted by molar-refractivity contribution is -0.116. The lowest BCUT2D eigenvalue weighted by Crippen LogP contribution is -2.33. The average molecular weight is 410 g/mol. The van der Waals surface area contributed by atoms with Gasteiger partial charge >= 0.3 is 0 Å². The van der Waals surface area contributed by atoms with E-state index >= 15 is 0 Å². The second-order valence-electron chi connectivity index (χ2n) is 6.58. The summed E-state index contributed by atoms with van der Waals surface area (Å²) in [6.07, 6.45) is 7.99. The lowest BCUT2D eigenvalue weighted by atomic mass is 10.0. The summed E-state index contributed by atoms with van der Waals surface area (Å²) in [5.74, 6) is 0.00980. The van der Waals surface area contributed by atoms with Crippen LogP contribution in [0.4, 0.5) is 4.39 Å². The molecule has 0 saturated heterocycles. The molecule has 0 aliphatic carbocycles. The maximum atomic E-state index is 13.6. The maximum absolute atomic E-state index is 13.6. The molecule has 0 fully saturated rings. The second-order valence-corrected chi connectivity index (χ2v) is 7.01. The Labute approximate surface area is 172 Å². The minimum Gasteiger partial charge on any atom is -0.487 e. The molecule has 1 amide bonds. The molecule has 3 aromatic rings. The van der Waals surface area contributed by atoms with E-state index in [1.807, 2.05) is 6.07 Å². The molecule has 0 radical (unpaired) electrons. The Morgan fingerprint density at radius 2 is 2.17 bits per heavy atom. The third-order valence-electron chi connectivity index (χ3n) is 4.53. The zero-order valence-corrected chi connectivity index (χ0v) is 16.1. The van der Waals surface area contributed by atoms with Gasteiger partial charge in [0.05, 0.1) is 18.4 Å². The van der Waals surface area contributed by atoms with Crippen LogP contribution in [0.3, 0.4) is 0 Å². The van der Waals surface area contributed by atoms with Gasteiger partial charge in [-0.05, 0) is 24.3 Å². The lowest BCUT2D eigenvalue weighted by Gasteiger charge is -2.12. The number of aromatic nitrogens is 2. The number of hydrogen-bond acceptors (Lipinski definition) is 4. The first-order chi connectivity index (χ1) is 14.1. The summed E-state index contributed by atoms with van der Waals surface area (Å²) in [4.78, 5) is 20.5. The molecule has 1 unspecified atom stereocenters. The van der Waals surface area contributed by atoms with Crippen LogP contribution in [0.2, 0.25) is 5.02 Å². The van der Waals surface area contributed by atoms with Crippen LogP contribution < -0.4 is 10.1 Å². The first-order valence-corrected chi connectivity index (χ1v) is 9.44. The molecule has 0 spiro atoms. The van der Waals surface area contributed by atoms with Crippen molar-refractivity contribution in [3.63, 3.8) is 0 Å². The van der Waals surface area contributed by atoms with E-state index in [1.165, 1.54) is 18.2 Å². The summed E-state index contributed by atoms with van der Waals surface area (Å²) < 4.78 is 19.7. The van der Waals surface area contributed by atoms with Crippen molar-refractivity contribution in [2.75, 3.05) is 6.54 Å². The van der Waals surface area contributed by atoms with Gasteiger partial charge < -0.3 is 10.1 Å². The van der Waals surface area contributed by atoms with Crippen LogP contribution in [0.25, 0.3) is 17.3 Å². The van der Waals surface area contributed by atoms with Gasteiger partial charge in [-0.2, -0.15) is 0 Å². The van der Waals surface area contributed by atoms with E-state index in [9.17, 15) is 9.18 Å². The van der Waals surface area contributed by atoms with E-state index in [0.717, 1.165) is 11.1 Å². The highest BCUT2D eigenvalue weighted by Crippen LogP contribution is 2.40. The fourth-order valence-electron chi connectivity index (χ4n) is 3.19. The molecule has 1 atom stereocenters. The molecule has 2 heterocycles. The number of nitrogens with one attached hydrogen (secondary N) is 1. The van der Waals surface area contributed by atoms with Crippen molar-refractivity contribution in [1.82, 2.24) is 15.3 Å². The predicted molar refractivity (Wildman–Crippen MR) is 109 cm³/mol. The molecular weight excluding hydrogens is 393 g/mol. The highest BCUT2D eigenvalue weighted by molar-refractivity contribution is 6.31. The summed E-state index contributed by atoms with van der Waals surface area (Å²) in [5, 5.41) is 3.38. The number of hydrogen-bond donors (Lipinski definition) is 1. The van der Waals surface area contributed by atoms with Crippen LogP contribution >= 0.6 is 11.6 Å². The number of benzene rings is 2. The van der Waals surface area contributed by atoms with E-state index in [4.69, 9.17) is 16.3 Å². The number of nitrogens with zero attached hydrogens (tertiary/aromatic N) is 2. The molecule has 1 aromatic heterocycles. The van der Waals surface area contributed by atoms with Crippen LogP contribution in [-0.2, 0) is 11.2 Å². The fourth-order valence-corrected chi connectivity index (χ4v) is 3.43. The first kappa shape index (κ1) is 19.1. The number of carbonyl (C=O) groups is 1. The van der Waals surface area contributed by atoms with Gasteiger partial charge in [0, 0.05) is 46.6 Å². The van der Waals surface area contributed by atoms with Gasteiger partial charge in [-0.25, -0.2) is 4.39 Å². The second kappa shape index (κ2) is 8.41. The first-order valence-electron chi connectivity index (χ1n) is 9.06. The predicted octanol–water partition coefficient (Wildman–Crippen LogP) is 4.07. The molecule has 146 valence electrons. The Balaban J connectivity index is 1.41. The summed E-state index contributed by atoms with van der Waals surface area (Å²) >= 11 is 6.25. The number of ether oxygens (including phenoxy) is 1. The molecule has 5 nitrogen and oxygen atoms in total. The highest BCUT2D eigenvalue weighted by Gasteiger charge is 2.27. The van der Waals surface area contributed by atoms with Gasteiger partial charge in [-0.3, -0.25) is 14.8 Å². The molecule has 2 aromatic carbocycles. The van der Waals surface area contributed by atoms with Crippen molar-refractivity contribution in [1.29, 1.82) is 0 Å². The van der Waals surface area contributed by atoms with E-state index < -0.39 is 0 Å². The van der Waals surface area contributed by atoms with E-state index in [2.05, 4.69) is 15.3 Å². The Morgan fingerprint density at radius 3 is 2.97 bits per heavy atom. The number of rotatable bonds is 5. The molecule has 29 heavy (non-hydrogen) atoms. The van der Waals surface area contributed by atoms with E-state index in [1.54, 1.807) is 42.9 Å². The molecule has 4 rings (SSSR count). The van der Waals surface area contributed by atoms with Gasteiger partial charge in [0.25, 0.3) is 0 Å². The number of halogens is 2. The summed E-state index contributed by atoms with van der Waals surface area (Å²) in [7, 11) is 0. The van der Waals surface area contributed by atoms with Crippen molar-refractivity contribution >= 4 is 23.6 Å². The van der Waals surface area contributed by atoms with Crippen LogP contribution in [0.15, 0.2) is 61.1 Å². The smallest absolute Gasteiger partial charge is 0.244 e. The fraction of sp³-hybridized carbons (Fsp3) is 0.136. The molecule has 1 aliphatic heterocycles. The summed E-state index contributed by atoms with van der Waals surface area (Å²) in [6.45, 7) is 0.312. The third-order valence-corrected chi connectivity index (χ3v) is 4.74. The number of amides is 1. The zero-order chi connectivity index (χ0) is 20.2. The molecule has 1 N–H and O–H groups in total. The van der Waals surface area contributed by atoms with Gasteiger partial charge in [-0.15, -0.1) is 0 Å². The van der Waals surface area contributed by atoms with Crippen molar-refractivity contribution < 1.29 is 13.9 Å². The number of carbonyl (C=O) groups excluding carboxylic acids is 1. The average Bonchev–Trinajstić information content (AvgIpc) is 3.14. The minimum atomic E-state index is -0.375. The van der Waals surface area contributed by atoms with Crippen molar-refractivity contribution in [3.05, 3.63) is 83.0 Å². The quantitative estimate of drug-likeness (QED) is 0.645. The Hall–Kier alpha value is -3.25. The van der Waals surface area contributed by atoms with Gasteiger partial charge in [0.2, 0.25) is 5.91 Å². The van der Waals surface area contributed by atoms with Crippen molar-refractivity contribution in [3.8, 4) is 17.0 Å².